The number of alkyl halides is 3. The predicted octanol–water partition coefficient (Wildman–Crippen LogP) is 2.61. The molecule has 1 aliphatic heterocycles. The molecule has 1 aromatic carbocycles. The number of fused-ring (bicyclic) bond motifs is 1. The SMILES string of the molecule is CN1C[C@@H]2C[C@]2(c2ccc(O)c(C(F)(F)F)c2)C1. The van der Waals surface area contributed by atoms with Gasteiger partial charge in [0.15, 0.2) is 0 Å². The lowest BCUT2D eigenvalue weighted by atomic mass is 9.93. The summed E-state index contributed by atoms with van der Waals surface area (Å²) in [6.45, 7) is 1.75. The smallest absolute Gasteiger partial charge is 0.419 e. The van der Waals surface area contributed by atoms with Gasteiger partial charge in [-0.15, -0.1) is 0 Å². The lowest BCUT2D eigenvalue weighted by molar-refractivity contribution is -0.138. The van der Waals surface area contributed by atoms with E-state index in [1.165, 1.54) is 6.07 Å². The van der Waals surface area contributed by atoms with Gasteiger partial charge >= 0.3 is 6.18 Å². The van der Waals surface area contributed by atoms with Crippen LogP contribution in [0.2, 0.25) is 0 Å². The monoisotopic (exact) mass is 257 g/mol. The molecule has 1 aromatic rings. The lowest BCUT2D eigenvalue weighted by Crippen LogP contribution is -2.22. The van der Waals surface area contributed by atoms with Crippen molar-refractivity contribution in [1.82, 2.24) is 4.90 Å². The van der Waals surface area contributed by atoms with Crippen molar-refractivity contribution in [3.63, 3.8) is 0 Å². The van der Waals surface area contributed by atoms with Crippen LogP contribution in [-0.4, -0.2) is 30.1 Å². The van der Waals surface area contributed by atoms with Crippen molar-refractivity contribution in [3.05, 3.63) is 29.3 Å². The molecule has 0 unspecified atom stereocenters. The minimum atomic E-state index is -4.49. The Morgan fingerprint density at radius 3 is 2.67 bits per heavy atom. The average molecular weight is 257 g/mol. The predicted molar refractivity (Wildman–Crippen MR) is 60.4 cm³/mol. The van der Waals surface area contributed by atoms with Gasteiger partial charge in [-0.3, -0.25) is 0 Å². The Morgan fingerprint density at radius 1 is 1.39 bits per heavy atom. The van der Waals surface area contributed by atoms with Crippen molar-refractivity contribution in [2.24, 2.45) is 5.92 Å². The molecule has 1 saturated heterocycles. The maximum Gasteiger partial charge on any atom is 0.419 e. The molecule has 5 heteroatoms. The van der Waals surface area contributed by atoms with Crippen LogP contribution in [0.3, 0.4) is 0 Å². The zero-order valence-corrected chi connectivity index (χ0v) is 9.96. The zero-order valence-electron chi connectivity index (χ0n) is 9.96. The number of nitrogens with zero attached hydrogens (tertiary/aromatic N) is 1. The number of phenols is 1. The topological polar surface area (TPSA) is 23.5 Å². The maximum absolute atomic E-state index is 12.8. The quantitative estimate of drug-likeness (QED) is 0.836. The maximum atomic E-state index is 12.8. The molecule has 1 heterocycles. The number of piperidine rings is 1. The van der Waals surface area contributed by atoms with Crippen molar-refractivity contribution in [2.75, 3.05) is 20.1 Å². The Morgan fingerprint density at radius 2 is 2.11 bits per heavy atom. The van der Waals surface area contributed by atoms with E-state index in [0.29, 0.717) is 11.5 Å². The minimum absolute atomic E-state index is 0.109. The molecule has 18 heavy (non-hydrogen) atoms. The minimum Gasteiger partial charge on any atom is -0.507 e. The molecule has 1 saturated carbocycles. The van der Waals surface area contributed by atoms with Crippen LogP contribution in [0.4, 0.5) is 13.2 Å². The molecule has 98 valence electrons. The summed E-state index contributed by atoms with van der Waals surface area (Å²) in [5.41, 5.74) is -0.320. The third-order valence-corrected chi connectivity index (χ3v) is 4.19. The molecule has 0 radical (unpaired) electrons. The Kier molecular flexibility index (Phi) is 2.24. The van der Waals surface area contributed by atoms with E-state index in [-0.39, 0.29) is 5.41 Å². The molecule has 1 aliphatic carbocycles. The van der Waals surface area contributed by atoms with Crippen molar-refractivity contribution < 1.29 is 18.3 Å². The van der Waals surface area contributed by atoms with E-state index >= 15 is 0 Å². The molecule has 3 rings (SSSR count). The first-order chi connectivity index (χ1) is 8.33. The summed E-state index contributed by atoms with van der Waals surface area (Å²) in [6, 6.07) is 3.92. The van der Waals surface area contributed by atoms with E-state index < -0.39 is 17.5 Å². The number of phenolic OH excluding ortho intramolecular Hbond substituents is 1. The van der Waals surface area contributed by atoms with E-state index in [2.05, 4.69) is 4.90 Å². The largest absolute Gasteiger partial charge is 0.507 e. The molecular formula is C13H14F3NO. The summed E-state index contributed by atoms with van der Waals surface area (Å²) in [4.78, 5) is 2.15. The first-order valence-corrected chi connectivity index (χ1v) is 5.92. The summed E-state index contributed by atoms with van der Waals surface area (Å²) < 4.78 is 38.3. The number of hydrogen-bond donors (Lipinski definition) is 1. The lowest BCUT2D eigenvalue weighted by Gasteiger charge is -2.18. The van der Waals surface area contributed by atoms with Crippen LogP contribution in [0, 0.1) is 5.92 Å². The van der Waals surface area contributed by atoms with Crippen LogP contribution in [0.5, 0.6) is 5.75 Å². The second kappa shape index (κ2) is 3.41. The molecule has 2 atom stereocenters. The average Bonchev–Trinajstić information content (AvgIpc) is 2.81. The van der Waals surface area contributed by atoms with Gasteiger partial charge in [-0.2, -0.15) is 13.2 Å². The van der Waals surface area contributed by atoms with E-state index in [0.717, 1.165) is 25.6 Å². The number of likely N-dealkylation sites (N-methyl/N-ethyl adjacent to an activating group) is 1. The number of hydrogen-bond acceptors (Lipinski definition) is 2. The first-order valence-electron chi connectivity index (χ1n) is 5.92. The molecule has 0 aromatic heterocycles. The molecule has 0 bridgehead atoms. The van der Waals surface area contributed by atoms with E-state index in [4.69, 9.17) is 0 Å². The molecule has 2 nitrogen and oxygen atoms in total. The number of likely N-dealkylation sites (tertiary alicyclic amines) is 1. The summed E-state index contributed by atoms with van der Waals surface area (Å²) in [6.07, 6.45) is -3.54. The van der Waals surface area contributed by atoms with Crippen LogP contribution >= 0.6 is 0 Å². The van der Waals surface area contributed by atoms with Gasteiger partial charge in [-0.1, -0.05) is 6.07 Å². The van der Waals surface area contributed by atoms with Crippen LogP contribution in [0.1, 0.15) is 17.5 Å². The Balaban J connectivity index is 2.00. The van der Waals surface area contributed by atoms with Crippen LogP contribution in [0.15, 0.2) is 18.2 Å². The summed E-state index contributed by atoms with van der Waals surface area (Å²) in [7, 11) is 1.99. The number of rotatable bonds is 1. The van der Waals surface area contributed by atoms with Gasteiger partial charge in [0.05, 0.1) is 5.56 Å². The zero-order chi connectivity index (χ0) is 13.1. The second-order valence-corrected chi connectivity index (χ2v) is 5.48. The highest BCUT2D eigenvalue weighted by Crippen LogP contribution is 2.59. The van der Waals surface area contributed by atoms with Crippen LogP contribution in [0.25, 0.3) is 0 Å². The van der Waals surface area contributed by atoms with E-state index in [9.17, 15) is 18.3 Å². The van der Waals surface area contributed by atoms with Gasteiger partial charge in [0.2, 0.25) is 0 Å². The van der Waals surface area contributed by atoms with Gasteiger partial charge in [0, 0.05) is 18.5 Å². The van der Waals surface area contributed by atoms with Gasteiger partial charge in [-0.25, -0.2) is 0 Å². The highest BCUT2D eigenvalue weighted by atomic mass is 19.4. The van der Waals surface area contributed by atoms with Crippen LogP contribution < -0.4 is 0 Å². The Labute approximate surface area is 103 Å². The van der Waals surface area contributed by atoms with Gasteiger partial charge < -0.3 is 10.0 Å². The fourth-order valence-electron chi connectivity index (χ4n) is 3.25. The normalized spacial score (nSPS) is 31.4. The number of aromatic hydroxyl groups is 1. The van der Waals surface area contributed by atoms with Gasteiger partial charge in [0.25, 0.3) is 0 Å². The number of benzene rings is 1. The van der Waals surface area contributed by atoms with E-state index in [1.54, 1.807) is 6.07 Å². The fourth-order valence-corrected chi connectivity index (χ4v) is 3.25. The molecular weight excluding hydrogens is 243 g/mol. The second-order valence-electron chi connectivity index (χ2n) is 5.48. The standard InChI is InChI=1S/C13H14F3NO/c1-17-6-9-5-12(9,7-17)8-2-3-11(18)10(4-8)13(14,15)16/h2-4,9,18H,5-7H2,1H3/t9-,12+/m0/s1. The summed E-state index contributed by atoms with van der Waals surface area (Å²) in [5, 5.41) is 9.33. The van der Waals surface area contributed by atoms with Crippen molar-refractivity contribution in [2.45, 2.75) is 18.0 Å². The number of halogens is 3. The summed E-state index contributed by atoms with van der Waals surface area (Å²) >= 11 is 0. The van der Waals surface area contributed by atoms with Gasteiger partial charge in [-0.05, 0) is 37.1 Å². The first kappa shape index (κ1) is 11.8. The van der Waals surface area contributed by atoms with Crippen molar-refractivity contribution in [1.29, 1.82) is 0 Å². The van der Waals surface area contributed by atoms with Crippen molar-refractivity contribution >= 4 is 0 Å². The molecule has 2 aliphatic rings. The highest BCUT2D eigenvalue weighted by Gasteiger charge is 2.60. The van der Waals surface area contributed by atoms with Crippen molar-refractivity contribution in [3.8, 4) is 5.75 Å². The molecule has 1 N–H and O–H groups in total. The van der Waals surface area contributed by atoms with E-state index in [1.807, 2.05) is 7.05 Å². The fraction of sp³-hybridized carbons (Fsp3) is 0.538. The third-order valence-electron chi connectivity index (χ3n) is 4.19. The summed E-state index contributed by atoms with van der Waals surface area (Å²) in [5.74, 6) is -0.223. The van der Waals surface area contributed by atoms with Crippen LogP contribution in [-0.2, 0) is 11.6 Å². The molecule has 0 spiro atoms. The molecule has 0 amide bonds. The van der Waals surface area contributed by atoms with Gasteiger partial charge in [0.1, 0.15) is 5.75 Å². The highest BCUT2D eigenvalue weighted by molar-refractivity contribution is 5.45. The third kappa shape index (κ3) is 1.61. The Bertz CT molecular complexity index is 499. The molecule has 2 fully saturated rings. The Hall–Kier alpha value is -1.23.